The molecule has 2 atom stereocenters. The topological polar surface area (TPSA) is 56.8 Å². The van der Waals surface area contributed by atoms with Gasteiger partial charge < -0.3 is 14.7 Å². The van der Waals surface area contributed by atoms with Gasteiger partial charge in [0.1, 0.15) is 0 Å². The predicted octanol–water partition coefficient (Wildman–Crippen LogP) is 1.14. The summed E-state index contributed by atoms with van der Waals surface area (Å²) in [5.41, 5.74) is 7.77. The van der Waals surface area contributed by atoms with Crippen LogP contribution in [-0.2, 0) is 11.3 Å². The fourth-order valence-corrected chi connectivity index (χ4v) is 3.63. The minimum atomic E-state index is -0.401. The van der Waals surface area contributed by atoms with Crippen molar-refractivity contribution in [3.63, 3.8) is 0 Å². The number of hydrogen-bond acceptors (Lipinski definition) is 5. The van der Waals surface area contributed by atoms with Crippen LogP contribution in [0.2, 0.25) is 0 Å². The van der Waals surface area contributed by atoms with E-state index in [1.807, 2.05) is 30.3 Å². The van der Waals surface area contributed by atoms with E-state index in [0.717, 1.165) is 37.7 Å². The molecule has 3 rings (SSSR count). The van der Waals surface area contributed by atoms with Gasteiger partial charge in [0.15, 0.2) is 0 Å². The zero-order chi connectivity index (χ0) is 15.9. The van der Waals surface area contributed by atoms with Crippen LogP contribution >= 0.6 is 0 Å². The van der Waals surface area contributed by atoms with Crippen molar-refractivity contribution >= 4 is 0 Å². The fraction of sp³-hybridized carbons (Fsp3) is 0.667. The Morgan fingerprint density at radius 1 is 1.17 bits per heavy atom. The highest BCUT2D eigenvalue weighted by Crippen LogP contribution is 2.23. The molecule has 5 nitrogen and oxygen atoms in total. The molecule has 2 heterocycles. The van der Waals surface area contributed by atoms with Gasteiger partial charge in [0.25, 0.3) is 0 Å². The maximum Gasteiger partial charge on any atom is 0.0900 e. The summed E-state index contributed by atoms with van der Waals surface area (Å²) < 4.78 is 5.63. The SMILES string of the molecule is OC(COCc1ccccc1)CN1CCC(C2CCNN2)CC1. The zero-order valence-electron chi connectivity index (χ0n) is 13.8. The highest BCUT2D eigenvalue weighted by Gasteiger charge is 2.28. The van der Waals surface area contributed by atoms with Crippen LogP contribution in [0.25, 0.3) is 0 Å². The quantitative estimate of drug-likeness (QED) is 0.704. The lowest BCUT2D eigenvalue weighted by Gasteiger charge is -2.35. The summed E-state index contributed by atoms with van der Waals surface area (Å²) >= 11 is 0. The summed E-state index contributed by atoms with van der Waals surface area (Å²) in [6.45, 7) is 4.95. The molecule has 2 unspecified atom stereocenters. The molecule has 0 spiro atoms. The number of hydrazine groups is 1. The van der Waals surface area contributed by atoms with Crippen molar-refractivity contribution in [2.75, 3.05) is 32.8 Å². The number of nitrogens with one attached hydrogen (secondary N) is 2. The monoisotopic (exact) mass is 319 g/mol. The minimum Gasteiger partial charge on any atom is -0.389 e. The molecule has 128 valence electrons. The van der Waals surface area contributed by atoms with Gasteiger partial charge in [0, 0.05) is 19.1 Å². The van der Waals surface area contributed by atoms with Crippen molar-refractivity contribution in [1.82, 2.24) is 15.8 Å². The molecule has 23 heavy (non-hydrogen) atoms. The smallest absolute Gasteiger partial charge is 0.0900 e. The van der Waals surface area contributed by atoms with E-state index in [9.17, 15) is 5.11 Å². The molecule has 0 bridgehead atoms. The molecule has 2 aliphatic rings. The Morgan fingerprint density at radius 3 is 2.65 bits per heavy atom. The molecule has 0 aliphatic carbocycles. The van der Waals surface area contributed by atoms with Crippen LogP contribution in [-0.4, -0.2) is 54.9 Å². The van der Waals surface area contributed by atoms with Gasteiger partial charge in [-0.15, -0.1) is 0 Å². The van der Waals surface area contributed by atoms with Gasteiger partial charge in [0.05, 0.1) is 19.3 Å². The number of rotatable bonds is 7. The summed E-state index contributed by atoms with van der Waals surface area (Å²) in [5, 5.41) is 10.2. The molecule has 2 aliphatic heterocycles. The second-order valence-corrected chi connectivity index (χ2v) is 6.76. The number of piperidine rings is 1. The number of likely N-dealkylation sites (tertiary alicyclic amines) is 1. The Bertz CT molecular complexity index is 443. The third-order valence-electron chi connectivity index (χ3n) is 4.96. The van der Waals surface area contributed by atoms with Crippen LogP contribution in [0.3, 0.4) is 0 Å². The third kappa shape index (κ3) is 5.26. The lowest BCUT2D eigenvalue weighted by molar-refractivity contribution is 0.00350. The molecule has 1 aromatic carbocycles. The maximum absolute atomic E-state index is 10.2. The van der Waals surface area contributed by atoms with Crippen molar-refractivity contribution in [3.05, 3.63) is 35.9 Å². The van der Waals surface area contributed by atoms with E-state index < -0.39 is 6.10 Å². The van der Waals surface area contributed by atoms with E-state index in [1.54, 1.807) is 0 Å². The number of aliphatic hydroxyl groups is 1. The van der Waals surface area contributed by atoms with Gasteiger partial charge in [-0.25, -0.2) is 0 Å². The van der Waals surface area contributed by atoms with E-state index in [4.69, 9.17) is 4.74 Å². The van der Waals surface area contributed by atoms with Crippen LogP contribution in [0.5, 0.6) is 0 Å². The molecule has 2 fully saturated rings. The molecule has 2 saturated heterocycles. The Hall–Kier alpha value is -0.980. The molecule has 0 amide bonds. The first-order valence-corrected chi connectivity index (χ1v) is 8.82. The summed E-state index contributed by atoms with van der Waals surface area (Å²) in [6.07, 6.45) is 3.27. The first-order chi connectivity index (χ1) is 11.3. The molecule has 0 aromatic heterocycles. The summed E-state index contributed by atoms with van der Waals surface area (Å²) in [4.78, 5) is 2.37. The van der Waals surface area contributed by atoms with Crippen LogP contribution in [0.15, 0.2) is 30.3 Å². The highest BCUT2D eigenvalue weighted by atomic mass is 16.5. The van der Waals surface area contributed by atoms with Gasteiger partial charge in [0.2, 0.25) is 0 Å². The highest BCUT2D eigenvalue weighted by molar-refractivity contribution is 5.13. The number of hydrogen-bond donors (Lipinski definition) is 3. The van der Waals surface area contributed by atoms with E-state index in [1.165, 1.54) is 19.3 Å². The number of ether oxygens (including phenoxy) is 1. The molecule has 1 aromatic rings. The third-order valence-corrected chi connectivity index (χ3v) is 4.96. The zero-order valence-corrected chi connectivity index (χ0v) is 13.8. The Labute approximate surface area is 139 Å². The lowest BCUT2D eigenvalue weighted by atomic mass is 9.88. The van der Waals surface area contributed by atoms with Gasteiger partial charge in [-0.1, -0.05) is 30.3 Å². The normalized spacial score (nSPS) is 24.8. The van der Waals surface area contributed by atoms with Crippen molar-refractivity contribution in [1.29, 1.82) is 0 Å². The second kappa shape index (κ2) is 8.76. The molecular weight excluding hydrogens is 290 g/mol. The fourth-order valence-electron chi connectivity index (χ4n) is 3.63. The number of aliphatic hydroxyl groups excluding tert-OH is 1. The predicted molar refractivity (Wildman–Crippen MR) is 90.8 cm³/mol. The standard InChI is InChI=1S/C18H29N3O2/c22-17(14-23-13-15-4-2-1-3-5-15)12-21-10-7-16(8-11-21)18-6-9-19-20-18/h1-5,16-20,22H,6-14H2. The first-order valence-electron chi connectivity index (χ1n) is 8.82. The molecular formula is C18H29N3O2. The maximum atomic E-state index is 10.2. The summed E-state index contributed by atoms with van der Waals surface area (Å²) in [5.74, 6) is 0.771. The Balaban J connectivity index is 1.30. The largest absolute Gasteiger partial charge is 0.389 e. The van der Waals surface area contributed by atoms with Crippen LogP contribution < -0.4 is 10.9 Å². The summed E-state index contributed by atoms with van der Waals surface area (Å²) in [7, 11) is 0. The average molecular weight is 319 g/mol. The molecule has 3 N–H and O–H groups in total. The molecule has 5 heteroatoms. The van der Waals surface area contributed by atoms with E-state index in [-0.39, 0.29) is 0 Å². The van der Waals surface area contributed by atoms with Crippen molar-refractivity contribution in [3.8, 4) is 0 Å². The van der Waals surface area contributed by atoms with Crippen molar-refractivity contribution in [2.45, 2.75) is 38.0 Å². The van der Waals surface area contributed by atoms with Gasteiger partial charge >= 0.3 is 0 Å². The van der Waals surface area contributed by atoms with Crippen LogP contribution in [0.1, 0.15) is 24.8 Å². The van der Waals surface area contributed by atoms with E-state index in [0.29, 0.717) is 19.3 Å². The number of benzene rings is 1. The lowest BCUT2D eigenvalue weighted by Crippen LogP contribution is -2.45. The Kier molecular flexibility index (Phi) is 6.42. The second-order valence-electron chi connectivity index (χ2n) is 6.76. The van der Waals surface area contributed by atoms with Gasteiger partial charge in [-0.2, -0.15) is 0 Å². The molecule has 0 saturated carbocycles. The molecule has 0 radical (unpaired) electrons. The van der Waals surface area contributed by atoms with Crippen molar-refractivity contribution in [2.24, 2.45) is 5.92 Å². The first kappa shape index (κ1) is 16.9. The minimum absolute atomic E-state index is 0.401. The van der Waals surface area contributed by atoms with E-state index >= 15 is 0 Å². The van der Waals surface area contributed by atoms with Crippen molar-refractivity contribution < 1.29 is 9.84 Å². The summed E-state index contributed by atoms with van der Waals surface area (Å²) in [6, 6.07) is 10.7. The van der Waals surface area contributed by atoms with E-state index in [2.05, 4.69) is 15.8 Å². The van der Waals surface area contributed by atoms with Crippen LogP contribution in [0.4, 0.5) is 0 Å². The average Bonchev–Trinajstić information content (AvgIpc) is 3.11. The van der Waals surface area contributed by atoms with Crippen LogP contribution in [0, 0.1) is 5.92 Å². The number of nitrogens with zero attached hydrogens (tertiary/aromatic N) is 1. The Morgan fingerprint density at radius 2 is 1.96 bits per heavy atom. The van der Waals surface area contributed by atoms with Gasteiger partial charge in [-0.05, 0) is 43.8 Å². The number of β-amino-alcohol motifs (C(OH)–C–C–N with tert-alkyl or cyclic N) is 1. The van der Waals surface area contributed by atoms with Gasteiger partial charge in [-0.3, -0.25) is 10.9 Å².